The SMILES string of the molecule is C=CC#N.C=CC(=O)NC(C)(C)C.O=[P+](O)O. The van der Waals surface area contributed by atoms with Gasteiger partial charge in [-0.25, -0.2) is 0 Å². The minimum Gasteiger partial charge on any atom is -0.348 e. The molecule has 0 aliphatic rings. The molecule has 0 aliphatic carbocycles. The van der Waals surface area contributed by atoms with Crippen LogP contribution in [-0.4, -0.2) is 21.2 Å². The average molecular weight is 261 g/mol. The molecule has 0 saturated heterocycles. The zero-order valence-electron chi connectivity index (χ0n) is 10.2. The van der Waals surface area contributed by atoms with E-state index >= 15 is 0 Å². The first-order valence-electron chi connectivity index (χ1n) is 4.40. The summed E-state index contributed by atoms with van der Waals surface area (Å²) in [5.74, 6) is -0.123. The molecule has 6 nitrogen and oxygen atoms in total. The van der Waals surface area contributed by atoms with E-state index in [4.69, 9.17) is 19.6 Å². The molecule has 0 aliphatic heterocycles. The van der Waals surface area contributed by atoms with Crippen molar-refractivity contribution in [1.82, 2.24) is 5.32 Å². The summed E-state index contributed by atoms with van der Waals surface area (Å²) in [7, 11) is -2.87. The number of nitrogens with zero attached hydrogens (tertiary/aromatic N) is 1. The van der Waals surface area contributed by atoms with Crippen molar-refractivity contribution in [2.45, 2.75) is 26.3 Å². The lowest BCUT2D eigenvalue weighted by molar-refractivity contribution is -0.117. The minimum absolute atomic E-state index is 0.123. The van der Waals surface area contributed by atoms with Crippen LogP contribution in [0.1, 0.15) is 20.8 Å². The van der Waals surface area contributed by atoms with Gasteiger partial charge in [-0.15, -0.1) is 9.79 Å². The summed E-state index contributed by atoms with van der Waals surface area (Å²) in [4.78, 5) is 24.8. The van der Waals surface area contributed by atoms with Crippen LogP contribution >= 0.6 is 8.25 Å². The molecule has 0 bridgehead atoms. The zero-order chi connectivity index (χ0) is 14.5. The van der Waals surface area contributed by atoms with Crippen LogP contribution in [0.15, 0.2) is 25.3 Å². The number of nitriles is 1. The molecule has 0 radical (unpaired) electrons. The summed E-state index contributed by atoms with van der Waals surface area (Å²) >= 11 is 0. The molecule has 0 rings (SSSR count). The molecule has 0 saturated carbocycles. The van der Waals surface area contributed by atoms with Crippen LogP contribution in [0.25, 0.3) is 0 Å². The predicted molar refractivity (Wildman–Crippen MR) is 65.9 cm³/mol. The highest BCUT2D eigenvalue weighted by Gasteiger charge is 2.10. The van der Waals surface area contributed by atoms with Crippen molar-refractivity contribution in [2.75, 3.05) is 0 Å². The predicted octanol–water partition coefficient (Wildman–Crippen LogP) is 1.41. The molecule has 1 amide bonds. The Morgan fingerprint density at radius 2 is 1.71 bits per heavy atom. The number of hydrogen-bond acceptors (Lipinski definition) is 3. The fourth-order valence-corrected chi connectivity index (χ4v) is 0.421. The molecule has 17 heavy (non-hydrogen) atoms. The second-order valence-corrected chi connectivity index (χ2v) is 4.03. The first-order valence-corrected chi connectivity index (χ1v) is 5.57. The highest BCUT2D eigenvalue weighted by atomic mass is 31.1. The molecule has 3 N–H and O–H groups in total. The average Bonchev–Trinajstić information content (AvgIpc) is 2.14. The smallest absolute Gasteiger partial charge is 0.348 e. The lowest BCUT2D eigenvalue weighted by Crippen LogP contribution is -2.39. The van der Waals surface area contributed by atoms with Gasteiger partial charge in [-0.05, 0) is 26.8 Å². The normalized spacial score (nSPS) is 8.00. The first kappa shape index (κ1) is 20.8. The summed E-state index contributed by atoms with van der Waals surface area (Å²) in [5, 5.41) is 10.2. The Balaban J connectivity index is -0.000000205. The second kappa shape index (κ2) is 12.5. The number of nitrogens with one attached hydrogen (secondary N) is 1. The Kier molecular flexibility index (Phi) is 15.3. The van der Waals surface area contributed by atoms with Gasteiger partial charge in [0.05, 0.1) is 6.07 Å². The third-order valence-corrected chi connectivity index (χ3v) is 0.775. The molecule has 0 aromatic heterocycles. The quantitative estimate of drug-likeness (QED) is 0.375. The van der Waals surface area contributed by atoms with Crippen LogP contribution in [0.4, 0.5) is 0 Å². The van der Waals surface area contributed by atoms with Crippen molar-refractivity contribution < 1.29 is 19.1 Å². The number of allylic oxidation sites excluding steroid dienone is 1. The maximum absolute atomic E-state index is 10.6. The van der Waals surface area contributed by atoms with Gasteiger partial charge in [-0.1, -0.05) is 13.2 Å². The van der Waals surface area contributed by atoms with E-state index in [0.717, 1.165) is 0 Å². The van der Waals surface area contributed by atoms with E-state index in [1.165, 1.54) is 12.2 Å². The number of carbonyl (C=O) groups excluding carboxylic acids is 1. The van der Waals surface area contributed by atoms with Crippen molar-refractivity contribution in [2.24, 2.45) is 0 Å². The van der Waals surface area contributed by atoms with Gasteiger partial charge >= 0.3 is 8.25 Å². The summed E-state index contributed by atoms with van der Waals surface area (Å²) in [6.45, 7) is 12.2. The van der Waals surface area contributed by atoms with Gasteiger partial charge in [0.25, 0.3) is 0 Å². The molecule has 0 spiro atoms. The second-order valence-electron chi connectivity index (χ2n) is 3.53. The van der Waals surface area contributed by atoms with Crippen molar-refractivity contribution >= 4 is 14.2 Å². The molecule has 96 valence electrons. The Hall–Kier alpha value is -1.54. The number of hydrogen-bond donors (Lipinski definition) is 3. The van der Waals surface area contributed by atoms with Crippen LogP contribution < -0.4 is 5.32 Å². The number of carbonyl (C=O) groups is 1. The highest BCUT2D eigenvalue weighted by molar-refractivity contribution is 7.30. The largest absolute Gasteiger partial charge is 0.692 e. The molecule has 0 aromatic carbocycles. The molecule has 0 unspecified atom stereocenters. The van der Waals surface area contributed by atoms with Gasteiger partial charge in [-0.2, -0.15) is 5.26 Å². The van der Waals surface area contributed by atoms with Crippen LogP contribution in [0.5, 0.6) is 0 Å². The molecule has 0 fully saturated rings. The Bertz CT molecular complexity index is 298. The molecular formula is C10H18N2O4P+. The third-order valence-electron chi connectivity index (χ3n) is 0.775. The lowest BCUT2D eigenvalue weighted by atomic mass is 10.1. The van der Waals surface area contributed by atoms with Crippen LogP contribution in [-0.2, 0) is 9.36 Å². The first-order chi connectivity index (χ1) is 7.60. The Morgan fingerprint density at radius 1 is 1.41 bits per heavy atom. The van der Waals surface area contributed by atoms with Crippen molar-refractivity contribution in [3.05, 3.63) is 25.3 Å². The number of amides is 1. The van der Waals surface area contributed by atoms with Crippen LogP contribution in [0.3, 0.4) is 0 Å². The van der Waals surface area contributed by atoms with E-state index in [2.05, 4.69) is 18.5 Å². The fourth-order valence-electron chi connectivity index (χ4n) is 0.421. The van der Waals surface area contributed by atoms with Crippen LogP contribution in [0, 0.1) is 11.3 Å². The summed E-state index contributed by atoms with van der Waals surface area (Å²) in [5.41, 5.74) is -0.148. The minimum atomic E-state index is -2.87. The Morgan fingerprint density at radius 3 is 1.76 bits per heavy atom. The summed E-state index contributed by atoms with van der Waals surface area (Å²) in [6.07, 6.45) is 2.45. The molecular weight excluding hydrogens is 243 g/mol. The maximum atomic E-state index is 10.6. The highest BCUT2D eigenvalue weighted by Crippen LogP contribution is 1.98. The molecule has 0 atom stereocenters. The molecule has 7 heteroatoms. The molecule has 0 heterocycles. The Labute approximate surface area is 102 Å². The lowest BCUT2D eigenvalue weighted by Gasteiger charge is -2.18. The fraction of sp³-hybridized carbons (Fsp3) is 0.400. The van der Waals surface area contributed by atoms with E-state index < -0.39 is 8.25 Å². The van der Waals surface area contributed by atoms with Crippen molar-refractivity contribution in [3.63, 3.8) is 0 Å². The monoisotopic (exact) mass is 261 g/mol. The van der Waals surface area contributed by atoms with E-state index in [0.29, 0.717) is 0 Å². The van der Waals surface area contributed by atoms with Gasteiger partial charge in [-0.3, -0.25) is 4.79 Å². The van der Waals surface area contributed by atoms with Crippen LogP contribution in [0.2, 0.25) is 0 Å². The summed E-state index contributed by atoms with van der Waals surface area (Å²) < 4.78 is 8.70. The van der Waals surface area contributed by atoms with E-state index in [-0.39, 0.29) is 11.4 Å². The zero-order valence-corrected chi connectivity index (χ0v) is 11.1. The number of rotatable bonds is 1. The van der Waals surface area contributed by atoms with Gasteiger partial charge in [0.2, 0.25) is 5.91 Å². The molecule has 0 aromatic rings. The van der Waals surface area contributed by atoms with Gasteiger partial charge in [0.15, 0.2) is 0 Å². The van der Waals surface area contributed by atoms with E-state index in [1.54, 1.807) is 6.07 Å². The van der Waals surface area contributed by atoms with Gasteiger partial charge in [0.1, 0.15) is 0 Å². The van der Waals surface area contributed by atoms with Crippen molar-refractivity contribution in [1.29, 1.82) is 5.26 Å². The third kappa shape index (κ3) is 53.8. The van der Waals surface area contributed by atoms with Crippen molar-refractivity contribution in [3.8, 4) is 6.07 Å². The standard InChI is InChI=1S/C7H13NO.C3H3N.HO3P/c1-5-6(9)8-7(2,3)4;1-2-3-4;1-4(2)3/h5H,1H2,2-4H3,(H,8,9);2H,1H2;(H-,1,2,3)/p+1. The maximum Gasteiger partial charge on any atom is 0.692 e. The topological polar surface area (TPSA) is 110 Å². The van der Waals surface area contributed by atoms with E-state index in [9.17, 15) is 4.79 Å². The van der Waals surface area contributed by atoms with Gasteiger partial charge in [0, 0.05) is 16.2 Å². The van der Waals surface area contributed by atoms with Gasteiger partial charge < -0.3 is 5.32 Å². The van der Waals surface area contributed by atoms with E-state index in [1.807, 2.05) is 20.8 Å². The summed E-state index contributed by atoms with van der Waals surface area (Å²) in [6, 6.07) is 1.69.